The minimum absolute atomic E-state index is 0.479. The summed E-state index contributed by atoms with van der Waals surface area (Å²) in [6, 6.07) is 8.43. The maximum Gasteiger partial charge on any atom is 0.104 e. The Hall–Kier alpha value is -1.35. The van der Waals surface area contributed by atoms with Gasteiger partial charge in [-0.05, 0) is 36.3 Å². The molecule has 0 amide bonds. The molecule has 1 aliphatic carbocycles. The molecule has 1 aromatic heterocycles. The lowest BCUT2D eigenvalue weighted by Crippen LogP contribution is -2.14. The van der Waals surface area contributed by atoms with E-state index in [0.717, 1.165) is 18.0 Å². The van der Waals surface area contributed by atoms with Crippen LogP contribution in [0.5, 0.6) is 0 Å². The van der Waals surface area contributed by atoms with Crippen LogP contribution in [0.15, 0.2) is 30.5 Å². The monoisotopic (exact) mass is 272 g/mol. The van der Waals surface area contributed by atoms with Crippen LogP contribution in [0.2, 0.25) is 0 Å². The van der Waals surface area contributed by atoms with Crippen molar-refractivity contribution in [2.75, 3.05) is 0 Å². The maximum atomic E-state index is 5.73. The quantitative estimate of drug-likeness (QED) is 0.860. The van der Waals surface area contributed by atoms with E-state index in [1.165, 1.54) is 43.0 Å². The first-order valence-corrected chi connectivity index (χ1v) is 7.53. The fourth-order valence-corrected chi connectivity index (χ4v) is 3.27. The van der Waals surface area contributed by atoms with Crippen LogP contribution in [0.4, 0.5) is 0 Å². The van der Waals surface area contributed by atoms with Gasteiger partial charge in [-0.2, -0.15) is 0 Å². The minimum atomic E-state index is 0.479. The van der Waals surface area contributed by atoms with Crippen LogP contribution in [0.3, 0.4) is 0 Å². The molecular formula is C16H20N2S. The van der Waals surface area contributed by atoms with Gasteiger partial charge in [-0.15, -0.1) is 0 Å². The van der Waals surface area contributed by atoms with E-state index >= 15 is 0 Å². The van der Waals surface area contributed by atoms with Gasteiger partial charge < -0.3 is 10.3 Å². The summed E-state index contributed by atoms with van der Waals surface area (Å²) in [6.45, 7) is 1.13. The topological polar surface area (TPSA) is 30.9 Å². The summed E-state index contributed by atoms with van der Waals surface area (Å²) in [5.41, 5.74) is 7.95. The highest BCUT2D eigenvalue weighted by Gasteiger charge is 2.14. The summed E-state index contributed by atoms with van der Waals surface area (Å²) in [6.07, 6.45) is 9.13. The molecule has 2 aromatic rings. The van der Waals surface area contributed by atoms with Gasteiger partial charge in [0, 0.05) is 23.8 Å². The second-order valence-electron chi connectivity index (χ2n) is 5.61. The lowest BCUT2D eigenvalue weighted by atomic mass is 9.89. The van der Waals surface area contributed by atoms with Gasteiger partial charge >= 0.3 is 0 Å². The largest absolute Gasteiger partial charge is 0.389 e. The number of nitrogens with zero attached hydrogens (tertiary/aromatic N) is 1. The molecule has 1 heterocycles. The highest BCUT2D eigenvalue weighted by molar-refractivity contribution is 7.80. The Labute approximate surface area is 119 Å². The number of hydrogen-bond donors (Lipinski definition) is 1. The molecule has 0 bridgehead atoms. The number of fused-ring (bicyclic) bond motifs is 1. The van der Waals surface area contributed by atoms with Crippen LogP contribution < -0.4 is 5.73 Å². The third-order valence-electron chi connectivity index (χ3n) is 4.24. The maximum absolute atomic E-state index is 5.73. The SMILES string of the molecule is NC(=S)c1ccc2ccn(CC3CCCCC3)c2c1. The van der Waals surface area contributed by atoms with E-state index in [1.54, 1.807) is 0 Å². The molecular weight excluding hydrogens is 252 g/mol. The average molecular weight is 272 g/mol. The van der Waals surface area contributed by atoms with Crippen molar-refractivity contribution in [1.29, 1.82) is 0 Å². The van der Waals surface area contributed by atoms with Gasteiger partial charge in [0.25, 0.3) is 0 Å². The lowest BCUT2D eigenvalue weighted by Gasteiger charge is -2.22. The Morgan fingerprint density at radius 3 is 2.74 bits per heavy atom. The number of nitrogens with two attached hydrogens (primary N) is 1. The van der Waals surface area contributed by atoms with E-state index in [2.05, 4.69) is 29.0 Å². The van der Waals surface area contributed by atoms with Crippen molar-refractivity contribution < 1.29 is 0 Å². The molecule has 1 aliphatic rings. The number of hydrogen-bond acceptors (Lipinski definition) is 1. The normalized spacial score (nSPS) is 16.8. The summed E-state index contributed by atoms with van der Waals surface area (Å²) >= 11 is 5.07. The van der Waals surface area contributed by atoms with Gasteiger partial charge in [0.2, 0.25) is 0 Å². The zero-order valence-corrected chi connectivity index (χ0v) is 12.0. The third-order valence-corrected chi connectivity index (χ3v) is 4.47. The van der Waals surface area contributed by atoms with E-state index in [1.807, 2.05) is 6.07 Å². The standard InChI is InChI=1S/C16H20N2S/c17-16(19)14-7-6-13-8-9-18(15(13)10-14)11-12-4-2-1-3-5-12/h6-10,12H,1-5,11H2,(H2,17,19). The van der Waals surface area contributed by atoms with Crippen LogP contribution in [0, 0.1) is 5.92 Å². The molecule has 19 heavy (non-hydrogen) atoms. The summed E-state index contributed by atoms with van der Waals surface area (Å²) in [7, 11) is 0. The van der Waals surface area contributed by atoms with E-state index < -0.39 is 0 Å². The highest BCUT2D eigenvalue weighted by atomic mass is 32.1. The van der Waals surface area contributed by atoms with Crippen LogP contribution in [0.25, 0.3) is 10.9 Å². The molecule has 0 atom stereocenters. The summed E-state index contributed by atoms with van der Waals surface area (Å²) in [5, 5.41) is 1.27. The fraction of sp³-hybridized carbons (Fsp3) is 0.438. The predicted octanol–water partition coefficient (Wildman–Crippen LogP) is 3.86. The summed E-state index contributed by atoms with van der Waals surface area (Å²) in [5.74, 6) is 0.831. The van der Waals surface area contributed by atoms with Crippen molar-refractivity contribution in [3.8, 4) is 0 Å². The lowest BCUT2D eigenvalue weighted by molar-refractivity contribution is 0.322. The molecule has 1 saturated carbocycles. The van der Waals surface area contributed by atoms with Crippen LogP contribution in [-0.2, 0) is 6.54 Å². The second kappa shape index (κ2) is 5.33. The summed E-state index contributed by atoms with van der Waals surface area (Å²) < 4.78 is 2.37. The average Bonchev–Trinajstić information content (AvgIpc) is 2.82. The van der Waals surface area contributed by atoms with Crippen LogP contribution >= 0.6 is 12.2 Å². The van der Waals surface area contributed by atoms with Crippen molar-refractivity contribution in [1.82, 2.24) is 4.57 Å². The van der Waals surface area contributed by atoms with Crippen molar-refractivity contribution in [2.24, 2.45) is 11.7 Å². The Morgan fingerprint density at radius 1 is 1.21 bits per heavy atom. The number of rotatable bonds is 3. The van der Waals surface area contributed by atoms with Crippen molar-refractivity contribution in [3.05, 3.63) is 36.0 Å². The molecule has 0 radical (unpaired) electrons. The van der Waals surface area contributed by atoms with Crippen LogP contribution in [0.1, 0.15) is 37.7 Å². The molecule has 3 heteroatoms. The molecule has 1 aromatic carbocycles. The number of thiocarbonyl (C=S) groups is 1. The Bertz CT molecular complexity index is 594. The minimum Gasteiger partial charge on any atom is -0.389 e. The first-order valence-electron chi connectivity index (χ1n) is 7.13. The van der Waals surface area contributed by atoms with Gasteiger partial charge in [0.05, 0.1) is 0 Å². The van der Waals surface area contributed by atoms with Crippen LogP contribution in [-0.4, -0.2) is 9.56 Å². The van der Waals surface area contributed by atoms with E-state index in [0.29, 0.717) is 4.99 Å². The van der Waals surface area contributed by atoms with Gasteiger partial charge in [0.1, 0.15) is 4.99 Å². The molecule has 3 rings (SSSR count). The molecule has 2 N–H and O–H groups in total. The van der Waals surface area contributed by atoms with E-state index in [9.17, 15) is 0 Å². The van der Waals surface area contributed by atoms with Crippen molar-refractivity contribution in [3.63, 3.8) is 0 Å². The van der Waals surface area contributed by atoms with Gasteiger partial charge in [-0.25, -0.2) is 0 Å². The predicted molar refractivity (Wildman–Crippen MR) is 84.4 cm³/mol. The smallest absolute Gasteiger partial charge is 0.104 e. The first-order chi connectivity index (χ1) is 9.24. The summed E-state index contributed by atoms with van der Waals surface area (Å²) in [4.78, 5) is 0.479. The number of aromatic nitrogens is 1. The molecule has 0 unspecified atom stereocenters. The van der Waals surface area contributed by atoms with E-state index in [4.69, 9.17) is 18.0 Å². The molecule has 1 fully saturated rings. The fourth-order valence-electron chi connectivity index (χ4n) is 3.14. The first kappa shape index (κ1) is 12.7. The molecule has 0 spiro atoms. The highest BCUT2D eigenvalue weighted by Crippen LogP contribution is 2.27. The molecule has 0 aliphatic heterocycles. The Balaban J connectivity index is 1.89. The van der Waals surface area contributed by atoms with Gasteiger partial charge in [-0.3, -0.25) is 0 Å². The zero-order chi connectivity index (χ0) is 13.2. The van der Waals surface area contributed by atoms with Gasteiger partial charge in [0.15, 0.2) is 0 Å². The third kappa shape index (κ3) is 2.66. The van der Waals surface area contributed by atoms with Crippen molar-refractivity contribution in [2.45, 2.75) is 38.6 Å². The second-order valence-corrected chi connectivity index (χ2v) is 6.05. The Morgan fingerprint density at radius 2 is 2.00 bits per heavy atom. The molecule has 2 nitrogen and oxygen atoms in total. The molecule has 100 valence electrons. The zero-order valence-electron chi connectivity index (χ0n) is 11.1. The number of benzene rings is 1. The van der Waals surface area contributed by atoms with Gasteiger partial charge in [-0.1, -0.05) is 43.6 Å². The van der Waals surface area contributed by atoms with Crippen molar-refractivity contribution >= 4 is 28.1 Å². The Kier molecular flexibility index (Phi) is 3.56. The molecule has 0 saturated heterocycles. The van der Waals surface area contributed by atoms with E-state index in [-0.39, 0.29) is 0 Å².